The van der Waals surface area contributed by atoms with E-state index in [0.29, 0.717) is 18.8 Å². The first-order valence-corrected chi connectivity index (χ1v) is 5.90. The monoisotopic (exact) mass is 261 g/mol. The lowest BCUT2D eigenvalue weighted by molar-refractivity contribution is 0.0694. The lowest BCUT2D eigenvalue weighted by atomic mass is 10.2. The van der Waals surface area contributed by atoms with E-state index in [0.717, 1.165) is 0 Å². The van der Waals surface area contributed by atoms with Crippen LogP contribution in [0.2, 0.25) is 0 Å². The van der Waals surface area contributed by atoms with E-state index in [9.17, 15) is 4.79 Å². The molecule has 0 aliphatic rings. The molecule has 1 atom stereocenters. The summed E-state index contributed by atoms with van der Waals surface area (Å²) >= 11 is 0. The van der Waals surface area contributed by atoms with Crippen LogP contribution in [0.4, 0.5) is 0 Å². The molecule has 0 aliphatic heterocycles. The number of aromatic carboxylic acids is 1. The molecule has 2 heterocycles. The van der Waals surface area contributed by atoms with Gasteiger partial charge < -0.3 is 10.4 Å². The molecule has 0 fully saturated rings. The number of nitrogens with zero attached hydrogens (tertiary/aromatic N) is 4. The van der Waals surface area contributed by atoms with Crippen LogP contribution < -0.4 is 5.32 Å². The minimum Gasteiger partial charge on any atom is -0.478 e. The fourth-order valence-corrected chi connectivity index (χ4v) is 1.70. The summed E-state index contributed by atoms with van der Waals surface area (Å²) in [5, 5.41) is 16.3. The van der Waals surface area contributed by atoms with Gasteiger partial charge in [0.05, 0.1) is 12.2 Å². The summed E-state index contributed by atoms with van der Waals surface area (Å²) in [6.07, 6.45) is 6.26. The van der Waals surface area contributed by atoms with Gasteiger partial charge in [0.25, 0.3) is 0 Å². The van der Waals surface area contributed by atoms with E-state index in [1.807, 2.05) is 23.9 Å². The Hall–Kier alpha value is -2.28. The molecule has 2 aromatic rings. The van der Waals surface area contributed by atoms with Crippen molar-refractivity contribution in [2.45, 2.75) is 26.1 Å². The van der Waals surface area contributed by atoms with Gasteiger partial charge in [-0.05, 0) is 13.0 Å². The molecular weight excluding hydrogens is 246 g/mol. The molecule has 0 radical (unpaired) electrons. The van der Waals surface area contributed by atoms with E-state index in [2.05, 4.69) is 20.4 Å². The Morgan fingerprint density at radius 1 is 1.58 bits per heavy atom. The predicted octanol–water partition coefficient (Wildman–Crippen LogP) is 0.550. The number of nitrogens with one attached hydrogen (secondary N) is 1. The van der Waals surface area contributed by atoms with Gasteiger partial charge in [0, 0.05) is 31.2 Å². The average molecular weight is 261 g/mol. The predicted molar refractivity (Wildman–Crippen MR) is 67.5 cm³/mol. The molecule has 7 heteroatoms. The molecule has 2 aromatic heterocycles. The number of carbonyl (C=O) groups is 1. The highest BCUT2D eigenvalue weighted by molar-refractivity contribution is 5.88. The number of carboxylic acids is 1. The van der Waals surface area contributed by atoms with Gasteiger partial charge in [-0.3, -0.25) is 4.68 Å². The Balaban J connectivity index is 1.93. The highest BCUT2D eigenvalue weighted by Gasteiger charge is 2.12. The van der Waals surface area contributed by atoms with Crippen molar-refractivity contribution in [1.29, 1.82) is 0 Å². The summed E-state index contributed by atoms with van der Waals surface area (Å²) in [6, 6.07) is 2.01. The Morgan fingerprint density at radius 2 is 2.42 bits per heavy atom. The second kappa shape index (κ2) is 6.05. The van der Waals surface area contributed by atoms with Crippen LogP contribution in [0.3, 0.4) is 0 Å². The molecule has 0 saturated heterocycles. The minimum atomic E-state index is -1.02. The molecule has 0 bridgehead atoms. The Labute approximate surface area is 110 Å². The van der Waals surface area contributed by atoms with Crippen molar-refractivity contribution in [3.05, 3.63) is 42.2 Å². The second-order valence-electron chi connectivity index (χ2n) is 4.20. The maximum atomic E-state index is 11.0. The maximum absolute atomic E-state index is 11.0. The molecule has 0 saturated carbocycles. The van der Waals surface area contributed by atoms with Crippen LogP contribution in [0, 0.1) is 0 Å². The van der Waals surface area contributed by atoms with Gasteiger partial charge in [-0.15, -0.1) is 0 Å². The molecule has 0 aliphatic carbocycles. The molecule has 1 unspecified atom stereocenters. The fourth-order valence-electron chi connectivity index (χ4n) is 1.70. The number of aromatic nitrogens is 4. The third-order valence-corrected chi connectivity index (χ3v) is 2.66. The van der Waals surface area contributed by atoms with Gasteiger partial charge in [0.2, 0.25) is 0 Å². The molecule has 0 aromatic carbocycles. The molecule has 2 rings (SSSR count). The zero-order valence-electron chi connectivity index (χ0n) is 10.5. The molecule has 19 heavy (non-hydrogen) atoms. The SMILES string of the molecule is CC(Cn1cccn1)NCc1ncncc1C(=O)O. The summed E-state index contributed by atoms with van der Waals surface area (Å²) in [5.74, 6) is -1.02. The maximum Gasteiger partial charge on any atom is 0.339 e. The normalized spacial score (nSPS) is 12.3. The van der Waals surface area contributed by atoms with Gasteiger partial charge >= 0.3 is 5.97 Å². The van der Waals surface area contributed by atoms with Crippen LogP contribution in [-0.4, -0.2) is 36.9 Å². The Bertz CT molecular complexity index is 541. The van der Waals surface area contributed by atoms with Gasteiger partial charge in [0.1, 0.15) is 11.9 Å². The number of rotatable bonds is 6. The first-order chi connectivity index (χ1) is 9.16. The van der Waals surface area contributed by atoms with Gasteiger partial charge in [-0.1, -0.05) is 0 Å². The van der Waals surface area contributed by atoms with Crippen molar-refractivity contribution in [2.75, 3.05) is 0 Å². The number of hydrogen-bond donors (Lipinski definition) is 2. The first-order valence-electron chi connectivity index (χ1n) is 5.90. The van der Waals surface area contributed by atoms with Crippen molar-refractivity contribution in [3.8, 4) is 0 Å². The molecule has 100 valence electrons. The highest BCUT2D eigenvalue weighted by Crippen LogP contribution is 2.04. The van der Waals surface area contributed by atoms with Gasteiger partial charge in [-0.2, -0.15) is 5.10 Å². The standard InChI is InChI=1S/C12H15N5O2/c1-9(7-17-4-2-3-16-17)14-6-11-10(12(18)19)5-13-8-15-11/h2-5,8-9,14H,6-7H2,1H3,(H,18,19). The Morgan fingerprint density at radius 3 is 3.11 bits per heavy atom. The minimum absolute atomic E-state index is 0.126. The van der Waals surface area contributed by atoms with Crippen molar-refractivity contribution in [1.82, 2.24) is 25.1 Å². The van der Waals surface area contributed by atoms with Gasteiger partial charge in [0.15, 0.2) is 0 Å². The Kier molecular flexibility index (Phi) is 4.19. The van der Waals surface area contributed by atoms with E-state index in [-0.39, 0.29) is 11.6 Å². The molecular formula is C12H15N5O2. The number of carboxylic acid groups (broad SMARTS) is 1. The third-order valence-electron chi connectivity index (χ3n) is 2.66. The lowest BCUT2D eigenvalue weighted by Gasteiger charge is -2.14. The topological polar surface area (TPSA) is 92.9 Å². The van der Waals surface area contributed by atoms with Crippen LogP contribution in [0.1, 0.15) is 23.0 Å². The largest absolute Gasteiger partial charge is 0.478 e. The summed E-state index contributed by atoms with van der Waals surface area (Å²) in [5.41, 5.74) is 0.608. The number of hydrogen-bond acceptors (Lipinski definition) is 5. The molecule has 0 spiro atoms. The third kappa shape index (κ3) is 3.59. The molecule has 0 amide bonds. The molecule has 7 nitrogen and oxygen atoms in total. The zero-order chi connectivity index (χ0) is 13.7. The van der Waals surface area contributed by atoms with Crippen molar-refractivity contribution >= 4 is 5.97 Å². The first kappa shape index (κ1) is 13.2. The van der Waals surface area contributed by atoms with Crippen molar-refractivity contribution < 1.29 is 9.90 Å². The fraction of sp³-hybridized carbons (Fsp3) is 0.333. The van der Waals surface area contributed by atoms with Crippen LogP contribution in [0.15, 0.2) is 31.0 Å². The van der Waals surface area contributed by atoms with Crippen LogP contribution in [0.25, 0.3) is 0 Å². The van der Waals surface area contributed by atoms with Crippen LogP contribution in [-0.2, 0) is 13.1 Å². The van der Waals surface area contributed by atoms with E-state index >= 15 is 0 Å². The van der Waals surface area contributed by atoms with E-state index in [1.165, 1.54) is 12.5 Å². The van der Waals surface area contributed by atoms with Gasteiger partial charge in [-0.25, -0.2) is 14.8 Å². The summed E-state index contributed by atoms with van der Waals surface area (Å²) < 4.78 is 1.82. The van der Waals surface area contributed by atoms with E-state index < -0.39 is 5.97 Å². The quantitative estimate of drug-likeness (QED) is 0.788. The summed E-state index contributed by atoms with van der Waals surface area (Å²) in [7, 11) is 0. The van der Waals surface area contributed by atoms with E-state index in [4.69, 9.17) is 5.11 Å². The molecule has 2 N–H and O–H groups in total. The zero-order valence-corrected chi connectivity index (χ0v) is 10.5. The smallest absolute Gasteiger partial charge is 0.339 e. The van der Waals surface area contributed by atoms with Crippen molar-refractivity contribution in [2.24, 2.45) is 0 Å². The van der Waals surface area contributed by atoms with Crippen LogP contribution >= 0.6 is 0 Å². The van der Waals surface area contributed by atoms with Crippen molar-refractivity contribution in [3.63, 3.8) is 0 Å². The lowest BCUT2D eigenvalue weighted by Crippen LogP contribution is -2.31. The highest BCUT2D eigenvalue weighted by atomic mass is 16.4. The van der Waals surface area contributed by atoms with Crippen LogP contribution in [0.5, 0.6) is 0 Å². The second-order valence-corrected chi connectivity index (χ2v) is 4.20. The van der Waals surface area contributed by atoms with E-state index in [1.54, 1.807) is 6.20 Å². The summed E-state index contributed by atoms with van der Waals surface area (Å²) in [6.45, 7) is 3.09. The summed E-state index contributed by atoms with van der Waals surface area (Å²) in [4.78, 5) is 18.7. The average Bonchev–Trinajstić information content (AvgIpc) is 2.89.